The van der Waals surface area contributed by atoms with E-state index in [2.05, 4.69) is 33.8 Å². The number of rotatable bonds is 9. The quantitative estimate of drug-likeness (QED) is 0.329. The van der Waals surface area contributed by atoms with Crippen LogP contribution in [0.3, 0.4) is 0 Å². The normalized spacial score (nSPS) is 24.7. The minimum Gasteiger partial charge on any atom is -0.547 e. The minimum absolute atomic E-state index is 0.00954. The third-order valence-electron chi connectivity index (χ3n) is 8.05. The average molecular weight is 544 g/mol. The number of fused-ring (bicyclic) bond motifs is 1. The molecule has 8 heteroatoms. The van der Waals surface area contributed by atoms with Crippen molar-refractivity contribution in [3.63, 3.8) is 0 Å². The Labute approximate surface area is 221 Å². The largest absolute Gasteiger partial charge is 0.547 e. The summed E-state index contributed by atoms with van der Waals surface area (Å²) in [6.45, 7) is 8.90. The van der Waals surface area contributed by atoms with E-state index in [1.165, 1.54) is 11.8 Å². The van der Waals surface area contributed by atoms with Gasteiger partial charge in [0.25, 0.3) is 15.9 Å². The lowest BCUT2D eigenvalue weighted by Gasteiger charge is -2.51. The monoisotopic (exact) mass is 543 g/mol. The van der Waals surface area contributed by atoms with E-state index in [0.29, 0.717) is 12.8 Å². The highest BCUT2D eigenvalue weighted by atomic mass is 32.2. The Balaban J connectivity index is 1.76. The molecule has 3 unspecified atom stereocenters. The summed E-state index contributed by atoms with van der Waals surface area (Å²) in [7, 11) is -5.80. The maximum atomic E-state index is 14.3. The lowest BCUT2D eigenvalue weighted by atomic mass is 9.71. The Bertz CT molecular complexity index is 1190. The van der Waals surface area contributed by atoms with Crippen LogP contribution in [-0.4, -0.2) is 38.2 Å². The number of hydrogen-bond donors (Lipinski definition) is 0. The predicted octanol–water partition coefficient (Wildman–Crippen LogP) is 6.70. The molecular formula is C28H37NO4S2Si. The van der Waals surface area contributed by atoms with Crippen molar-refractivity contribution in [1.29, 1.82) is 0 Å². The molecule has 2 aromatic rings. The van der Waals surface area contributed by atoms with Gasteiger partial charge in [-0.1, -0.05) is 64.1 Å². The van der Waals surface area contributed by atoms with E-state index in [1.54, 1.807) is 30.3 Å². The van der Waals surface area contributed by atoms with Crippen LogP contribution in [0.5, 0.6) is 0 Å². The molecule has 0 spiro atoms. The van der Waals surface area contributed by atoms with Crippen LogP contribution in [0.15, 0.2) is 82.3 Å². The fourth-order valence-electron chi connectivity index (χ4n) is 5.67. The topological polar surface area (TPSA) is 63.7 Å². The van der Waals surface area contributed by atoms with Crippen LogP contribution in [0.4, 0.5) is 0 Å². The Morgan fingerprint density at radius 2 is 1.58 bits per heavy atom. The molecule has 0 saturated carbocycles. The van der Waals surface area contributed by atoms with Gasteiger partial charge in [0.05, 0.1) is 10.7 Å². The predicted molar refractivity (Wildman–Crippen MR) is 149 cm³/mol. The van der Waals surface area contributed by atoms with Gasteiger partial charge in [0, 0.05) is 23.8 Å². The molecule has 0 aromatic heterocycles. The van der Waals surface area contributed by atoms with Gasteiger partial charge in [-0.25, -0.2) is 12.7 Å². The molecule has 0 bridgehead atoms. The zero-order valence-corrected chi connectivity index (χ0v) is 24.3. The van der Waals surface area contributed by atoms with E-state index in [9.17, 15) is 13.2 Å². The highest BCUT2D eigenvalue weighted by Crippen LogP contribution is 2.55. The van der Waals surface area contributed by atoms with Gasteiger partial charge >= 0.3 is 0 Å². The average Bonchev–Trinajstić information content (AvgIpc) is 2.90. The third-order valence-corrected chi connectivity index (χ3v) is 16.1. The summed E-state index contributed by atoms with van der Waals surface area (Å²) in [5.74, 6) is 0.491. The van der Waals surface area contributed by atoms with Gasteiger partial charge in [0.15, 0.2) is 0 Å². The number of nitrogens with zero attached hydrogens (tertiary/aromatic N) is 1. The molecule has 1 amide bonds. The van der Waals surface area contributed by atoms with Crippen molar-refractivity contribution in [2.45, 2.75) is 73.2 Å². The van der Waals surface area contributed by atoms with Gasteiger partial charge in [0.2, 0.25) is 8.32 Å². The molecule has 194 valence electrons. The van der Waals surface area contributed by atoms with Gasteiger partial charge in [0.1, 0.15) is 4.75 Å². The first kappa shape index (κ1) is 27.0. The zero-order chi connectivity index (χ0) is 26.0. The highest BCUT2D eigenvalue weighted by Gasteiger charge is 2.58. The lowest BCUT2D eigenvalue weighted by molar-refractivity contribution is -0.134. The summed E-state index contributed by atoms with van der Waals surface area (Å²) in [5.41, 5.74) is 0. The van der Waals surface area contributed by atoms with Gasteiger partial charge in [-0.3, -0.25) is 4.79 Å². The summed E-state index contributed by atoms with van der Waals surface area (Å²) < 4.78 is 34.2. The Hall–Kier alpha value is -2.03. The second kappa shape index (κ2) is 10.8. The molecule has 1 aliphatic heterocycles. The lowest BCUT2D eigenvalue weighted by Crippen LogP contribution is -2.61. The fraction of sp³-hybridized carbons (Fsp3) is 0.464. The Morgan fingerprint density at radius 3 is 2.17 bits per heavy atom. The van der Waals surface area contributed by atoms with E-state index in [-0.39, 0.29) is 29.2 Å². The number of allylic oxidation sites excluding steroid dienone is 2. The van der Waals surface area contributed by atoms with Crippen LogP contribution >= 0.6 is 11.8 Å². The number of sulfonamides is 1. The smallest absolute Gasteiger partial charge is 0.266 e. The van der Waals surface area contributed by atoms with E-state index < -0.39 is 23.1 Å². The number of amides is 1. The third kappa shape index (κ3) is 4.79. The van der Waals surface area contributed by atoms with Crippen molar-refractivity contribution in [2.75, 3.05) is 6.54 Å². The minimum atomic E-state index is -3.94. The Kier molecular flexibility index (Phi) is 8.07. The summed E-state index contributed by atoms with van der Waals surface area (Å²) in [4.78, 5) is 15.5. The number of carbonyl (C=O) groups is 1. The fourth-order valence-corrected chi connectivity index (χ4v) is 11.3. The molecule has 2 aromatic carbocycles. The maximum absolute atomic E-state index is 14.3. The first-order valence-electron chi connectivity index (χ1n) is 13.0. The SMILES string of the molecule is CC[Si](CC)(CC)OC1=CC(C)C2(Sc3ccccc3)C(=O)N(S(=O)(=O)c3ccccc3)CCC2C1. The summed E-state index contributed by atoms with van der Waals surface area (Å²) in [5, 5.41) is 0. The molecule has 1 fully saturated rings. The van der Waals surface area contributed by atoms with Crippen molar-refractivity contribution >= 4 is 36.0 Å². The summed E-state index contributed by atoms with van der Waals surface area (Å²) in [6, 6.07) is 21.3. The van der Waals surface area contributed by atoms with Crippen molar-refractivity contribution < 1.29 is 17.6 Å². The van der Waals surface area contributed by atoms with Crippen LogP contribution in [-0.2, 0) is 19.2 Å². The maximum Gasteiger partial charge on any atom is 0.266 e. The molecular weight excluding hydrogens is 507 g/mol. The first-order valence-corrected chi connectivity index (χ1v) is 17.8. The van der Waals surface area contributed by atoms with E-state index in [0.717, 1.165) is 33.1 Å². The van der Waals surface area contributed by atoms with Crippen LogP contribution in [0.25, 0.3) is 0 Å². The molecule has 2 aliphatic rings. The summed E-state index contributed by atoms with van der Waals surface area (Å²) >= 11 is 1.52. The van der Waals surface area contributed by atoms with Crippen LogP contribution in [0.2, 0.25) is 18.1 Å². The van der Waals surface area contributed by atoms with Gasteiger partial charge < -0.3 is 4.43 Å². The summed E-state index contributed by atoms with van der Waals surface area (Å²) in [6.07, 6.45) is 3.40. The molecule has 1 saturated heterocycles. The van der Waals surface area contributed by atoms with E-state index >= 15 is 0 Å². The molecule has 0 radical (unpaired) electrons. The van der Waals surface area contributed by atoms with Gasteiger partial charge in [-0.15, -0.1) is 11.8 Å². The second-order valence-electron chi connectivity index (χ2n) is 9.86. The van der Waals surface area contributed by atoms with Crippen molar-refractivity contribution in [3.8, 4) is 0 Å². The van der Waals surface area contributed by atoms with Crippen molar-refractivity contribution in [2.24, 2.45) is 11.8 Å². The van der Waals surface area contributed by atoms with Crippen LogP contribution < -0.4 is 0 Å². The van der Waals surface area contributed by atoms with Crippen LogP contribution in [0.1, 0.15) is 40.5 Å². The zero-order valence-electron chi connectivity index (χ0n) is 21.6. The van der Waals surface area contributed by atoms with Gasteiger partial charge in [-0.05, 0) is 60.8 Å². The number of hydrogen-bond acceptors (Lipinski definition) is 5. The number of benzene rings is 2. The van der Waals surface area contributed by atoms with Crippen LogP contribution in [0, 0.1) is 11.8 Å². The van der Waals surface area contributed by atoms with Gasteiger partial charge in [-0.2, -0.15) is 0 Å². The number of carbonyl (C=O) groups excluding carboxylic acids is 1. The standard InChI is InChI=1S/C28H37NO4S2Si/c1-5-36(6-2,7-3)33-24-20-22(4)28(34-25-14-10-8-11-15-25)23(21-24)18-19-29(27(28)30)35(31,32)26-16-12-9-13-17-26/h8-17,20,22-23H,5-7,18-19,21H2,1-4H3. The second-order valence-corrected chi connectivity index (χ2v) is 17.8. The molecule has 5 nitrogen and oxygen atoms in total. The van der Waals surface area contributed by atoms with Crippen molar-refractivity contribution in [3.05, 3.63) is 72.5 Å². The molecule has 1 heterocycles. The molecule has 0 N–H and O–H groups in total. The Morgan fingerprint density at radius 1 is 1.00 bits per heavy atom. The van der Waals surface area contributed by atoms with Crippen molar-refractivity contribution in [1.82, 2.24) is 4.31 Å². The van der Waals surface area contributed by atoms with E-state index in [1.807, 2.05) is 30.3 Å². The molecule has 36 heavy (non-hydrogen) atoms. The molecule has 4 rings (SSSR count). The van der Waals surface area contributed by atoms with E-state index in [4.69, 9.17) is 4.43 Å². The highest BCUT2D eigenvalue weighted by molar-refractivity contribution is 8.01. The first-order chi connectivity index (χ1) is 17.2. The molecule has 3 atom stereocenters. The molecule has 1 aliphatic carbocycles. The number of thioether (sulfide) groups is 1. The number of piperidine rings is 1.